The molecular formula is C2H2Cl2I. The van der Waals surface area contributed by atoms with Crippen molar-refractivity contribution in [3.05, 3.63) is 6.92 Å². The molecule has 0 saturated carbocycles. The summed E-state index contributed by atoms with van der Waals surface area (Å²) in [5.41, 5.74) is 0. The molecule has 0 fully saturated rings. The maximum atomic E-state index is 5.17. The molecule has 0 nitrogen and oxygen atoms in total. The zero-order valence-electron chi connectivity index (χ0n) is 2.34. The van der Waals surface area contributed by atoms with Crippen molar-refractivity contribution in [3.8, 4) is 0 Å². The van der Waals surface area contributed by atoms with Crippen molar-refractivity contribution in [2.75, 3.05) is 0 Å². The third-order valence-corrected chi connectivity index (χ3v) is 0. The van der Waals surface area contributed by atoms with Gasteiger partial charge in [0.15, 0.2) is 2.34 Å². The fraction of sp³-hybridized carbons (Fsp3) is 0.500. The highest BCUT2D eigenvalue weighted by atomic mass is 127. The van der Waals surface area contributed by atoms with Crippen LogP contribution < -0.4 is 0 Å². The van der Waals surface area contributed by atoms with Gasteiger partial charge >= 0.3 is 0 Å². The number of alkyl halides is 3. The van der Waals surface area contributed by atoms with Gasteiger partial charge in [0.1, 0.15) is 0 Å². The number of hydrogen-bond acceptors (Lipinski definition) is 0. The van der Waals surface area contributed by atoms with Crippen LogP contribution in [0, 0.1) is 6.92 Å². The normalized spacial score (nSPS) is 12.0. The molecule has 0 spiro atoms. The molecule has 0 aromatic carbocycles. The van der Waals surface area contributed by atoms with Crippen LogP contribution in [0.2, 0.25) is 0 Å². The molecule has 0 aliphatic carbocycles. The van der Waals surface area contributed by atoms with Crippen LogP contribution in [-0.4, -0.2) is 2.34 Å². The minimum Gasteiger partial charge on any atom is -0.0899 e. The third-order valence-electron chi connectivity index (χ3n) is 0. The molecule has 0 aliphatic rings. The van der Waals surface area contributed by atoms with E-state index in [0.29, 0.717) is 0 Å². The van der Waals surface area contributed by atoms with E-state index in [9.17, 15) is 0 Å². The molecule has 0 aliphatic heterocycles. The van der Waals surface area contributed by atoms with Gasteiger partial charge in [0.05, 0.1) is 0 Å². The summed E-state index contributed by atoms with van der Waals surface area (Å²) in [6, 6.07) is 0. The molecular weight excluding hydrogens is 222 g/mol. The lowest BCUT2D eigenvalue weighted by molar-refractivity contribution is 1.58. The molecule has 0 saturated heterocycles. The summed E-state index contributed by atoms with van der Waals surface area (Å²) in [7, 11) is 0. The standard InChI is InChI=1S/C2H2Cl2I/c1-2(3,4)5/h1H2. The number of halogens is 3. The monoisotopic (exact) mass is 223 g/mol. The van der Waals surface area contributed by atoms with E-state index in [2.05, 4.69) is 6.92 Å². The van der Waals surface area contributed by atoms with Gasteiger partial charge in [-0.2, -0.15) is 0 Å². The largest absolute Gasteiger partial charge is 0.168 e. The van der Waals surface area contributed by atoms with Gasteiger partial charge in [0.25, 0.3) is 0 Å². The molecule has 0 aromatic heterocycles. The highest BCUT2D eigenvalue weighted by Crippen LogP contribution is 2.26. The smallest absolute Gasteiger partial charge is 0.0899 e. The zero-order valence-corrected chi connectivity index (χ0v) is 6.01. The molecule has 0 heterocycles. The van der Waals surface area contributed by atoms with Gasteiger partial charge in [-0.1, -0.05) is 23.2 Å². The summed E-state index contributed by atoms with van der Waals surface area (Å²) in [6.45, 7) is 3.29. The Kier molecular flexibility index (Phi) is 2.33. The van der Waals surface area contributed by atoms with Crippen LogP contribution >= 0.6 is 45.8 Å². The lowest BCUT2D eigenvalue weighted by Gasteiger charge is -1.95. The second kappa shape index (κ2) is 1.85. The lowest BCUT2D eigenvalue weighted by atomic mass is 11.0. The van der Waals surface area contributed by atoms with Gasteiger partial charge in [-0.15, -0.1) is 0 Å². The molecule has 3 heteroatoms. The first-order valence-corrected chi connectivity index (χ1v) is 2.76. The maximum absolute atomic E-state index is 5.17. The van der Waals surface area contributed by atoms with Crippen LogP contribution in [0.3, 0.4) is 0 Å². The minimum atomic E-state index is -0.836. The Bertz CT molecular complexity index is 23.1. The number of hydrogen-bond donors (Lipinski definition) is 0. The van der Waals surface area contributed by atoms with Crippen molar-refractivity contribution < 1.29 is 0 Å². The van der Waals surface area contributed by atoms with Crippen LogP contribution in [-0.2, 0) is 0 Å². The predicted octanol–water partition coefficient (Wildman–Crippen LogP) is 2.39. The fourth-order valence-corrected chi connectivity index (χ4v) is 0. The molecule has 31 valence electrons. The summed E-state index contributed by atoms with van der Waals surface area (Å²) in [5.74, 6) is 0. The minimum absolute atomic E-state index is 0.836. The van der Waals surface area contributed by atoms with Crippen molar-refractivity contribution in [1.29, 1.82) is 0 Å². The van der Waals surface area contributed by atoms with Gasteiger partial charge in [-0.3, -0.25) is 0 Å². The first-order chi connectivity index (χ1) is 2.00. The van der Waals surface area contributed by atoms with Gasteiger partial charge in [0, 0.05) is 0 Å². The molecule has 1 radical (unpaired) electrons. The van der Waals surface area contributed by atoms with Crippen LogP contribution in [0.25, 0.3) is 0 Å². The van der Waals surface area contributed by atoms with Crippen LogP contribution in [0.4, 0.5) is 0 Å². The van der Waals surface area contributed by atoms with Crippen molar-refractivity contribution in [3.63, 3.8) is 0 Å². The quantitative estimate of drug-likeness (QED) is 0.437. The SMILES string of the molecule is [CH2]C(Cl)(Cl)I. The maximum Gasteiger partial charge on any atom is 0.168 e. The van der Waals surface area contributed by atoms with Crippen LogP contribution in [0.5, 0.6) is 0 Å². The molecule has 0 aromatic rings. The van der Waals surface area contributed by atoms with Gasteiger partial charge in [-0.05, 0) is 29.5 Å². The Morgan fingerprint density at radius 3 is 1.60 bits per heavy atom. The third kappa shape index (κ3) is 33.9. The van der Waals surface area contributed by atoms with E-state index >= 15 is 0 Å². The second-order valence-electron chi connectivity index (χ2n) is 0.615. The molecule has 5 heavy (non-hydrogen) atoms. The van der Waals surface area contributed by atoms with E-state index < -0.39 is 2.34 Å². The Morgan fingerprint density at radius 2 is 1.60 bits per heavy atom. The van der Waals surface area contributed by atoms with E-state index in [1.165, 1.54) is 0 Å². The van der Waals surface area contributed by atoms with Crippen LogP contribution in [0.1, 0.15) is 0 Å². The first-order valence-electron chi connectivity index (χ1n) is 0.921. The first kappa shape index (κ1) is 6.31. The van der Waals surface area contributed by atoms with E-state index in [0.717, 1.165) is 0 Å². The van der Waals surface area contributed by atoms with Crippen molar-refractivity contribution in [2.45, 2.75) is 2.34 Å². The highest BCUT2D eigenvalue weighted by molar-refractivity contribution is 14.1. The Balaban J connectivity index is 3.02. The van der Waals surface area contributed by atoms with E-state index in [4.69, 9.17) is 23.2 Å². The van der Waals surface area contributed by atoms with Gasteiger partial charge in [0.2, 0.25) is 0 Å². The second-order valence-corrected chi connectivity index (χ2v) is 5.22. The average molecular weight is 224 g/mol. The molecule has 0 bridgehead atoms. The molecule has 0 unspecified atom stereocenters. The lowest BCUT2D eigenvalue weighted by Crippen LogP contribution is -1.86. The molecule has 0 rings (SSSR count). The zero-order chi connectivity index (χ0) is 4.50. The summed E-state index contributed by atoms with van der Waals surface area (Å²) < 4.78 is -0.836. The summed E-state index contributed by atoms with van der Waals surface area (Å²) in [4.78, 5) is 0. The Morgan fingerprint density at radius 1 is 1.60 bits per heavy atom. The molecule has 0 amide bonds. The fourth-order valence-electron chi connectivity index (χ4n) is 0. The van der Waals surface area contributed by atoms with Crippen molar-refractivity contribution in [2.24, 2.45) is 0 Å². The van der Waals surface area contributed by atoms with E-state index in [-0.39, 0.29) is 0 Å². The van der Waals surface area contributed by atoms with E-state index in [1.54, 1.807) is 22.6 Å². The molecule has 0 N–H and O–H groups in total. The summed E-state index contributed by atoms with van der Waals surface area (Å²) in [6.07, 6.45) is 0. The van der Waals surface area contributed by atoms with Crippen molar-refractivity contribution in [1.82, 2.24) is 0 Å². The Labute approximate surface area is 55.0 Å². The van der Waals surface area contributed by atoms with Gasteiger partial charge < -0.3 is 0 Å². The molecule has 0 atom stereocenters. The predicted molar refractivity (Wildman–Crippen MR) is 33.8 cm³/mol. The summed E-state index contributed by atoms with van der Waals surface area (Å²) >= 11 is 12.1. The van der Waals surface area contributed by atoms with Crippen LogP contribution in [0.15, 0.2) is 0 Å². The van der Waals surface area contributed by atoms with E-state index in [1.807, 2.05) is 0 Å². The van der Waals surface area contributed by atoms with Gasteiger partial charge in [-0.25, -0.2) is 0 Å². The summed E-state index contributed by atoms with van der Waals surface area (Å²) in [5, 5.41) is 0. The highest BCUT2D eigenvalue weighted by Gasteiger charge is 2.06. The topological polar surface area (TPSA) is 0 Å². The average Bonchev–Trinajstić information content (AvgIpc) is 0.722. The van der Waals surface area contributed by atoms with Crippen molar-refractivity contribution >= 4 is 45.8 Å². The number of rotatable bonds is 0. The Hall–Kier alpha value is 1.31.